The Kier molecular flexibility index (Phi) is 6.01. The summed E-state index contributed by atoms with van der Waals surface area (Å²) in [6, 6.07) is 13.6. The van der Waals surface area contributed by atoms with Crippen molar-refractivity contribution in [3.05, 3.63) is 75.5 Å². The van der Waals surface area contributed by atoms with Gasteiger partial charge in [0.05, 0.1) is 21.4 Å². The summed E-state index contributed by atoms with van der Waals surface area (Å²) in [5.74, 6) is 0.267. The first-order chi connectivity index (χ1) is 14.0. The van der Waals surface area contributed by atoms with Gasteiger partial charge < -0.3 is 0 Å². The second-order valence-corrected chi connectivity index (χ2v) is 9.03. The number of aromatic nitrogens is 3. The van der Waals surface area contributed by atoms with Crippen LogP contribution in [0.25, 0.3) is 10.2 Å². The average molecular weight is 461 g/mol. The standard InChI is InChI=1S/C20H14Cl2N4OS2/c1-11-3-2-4-12(7-11)10-28-19-23-9-14(22)17(25-19)18(27)26-20-24-15-6-5-13(21)8-16(15)29-20/h2-9H,10H2,1H3,(H,24,26,27). The Bertz CT molecular complexity index is 1210. The number of thiazole rings is 1. The summed E-state index contributed by atoms with van der Waals surface area (Å²) < 4.78 is 0.885. The lowest BCUT2D eigenvalue weighted by Crippen LogP contribution is -2.15. The molecule has 1 N–H and O–H groups in total. The number of aryl methyl sites for hydroxylation is 1. The number of thioether (sulfide) groups is 1. The molecule has 2 heterocycles. The number of rotatable bonds is 5. The molecule has 4 rings (SSSR count). The lowest BCUT2D eigenvalue weighted by Gasteiger charge is -2.06. The fourth-order valence-electron chi connectivity index (χ4n) is 2.64. The van der Waals surface area contributed by atoms with Gasteiger partial charge in [-0.15, -0.1) is 0 Å². The number of carbonyl (C=O) groups excluding carboxylic acids is 1. The molecular weight excluding hydrogens is 447 g/mol. The summed E-state index contributed by atoms with van der Waals surface area (Å²) in [5.41, 5.74) is 3.23. The van der Waals surface area contributed by atoms with Crippen LogP contribution in [0.15, 0.2) is 53.8 Å². The molecule has 9 heteroatoms. The van der Waals surface area contributed by atoms with E-state index in [4.69, 9.17) is 23.2 Å². The first kappa shape index (κ1) is 20.1. The van der Waals surface area contributed by atoms with Gasteiger partial charge in [-0.3, -0.25) is 10.1 Å². The predicted molar refractivity (Wildman–Crippen MR) is 120 cm³/mol. The van der Waals surface area contributed by atoms with Crippen LogP contribution in [0.5, 0.6) is 0 Å². The molecule has 0 atom stereocenters. The van der Waals surface area contributed by atoms with Gasteiger partial charge in [0.2, 0.25) is 0 Å². The van der Waals surface area contributed by atoms with Crippen LogP contribution in [-0.2, 0) is 5.75 Å². The number of carbonyl (C=O) groups is 1. The van der Waals surface area contributed by atoms with Crippen molar-refractivity contribution < 1.29 is 4.79 Å². The first-order valence-electron chi connectivity index (χ1n) is 8.56. The first-order valence-corrected chi connectivity index (χ1v) is 11.1. The summed E-state index contributed by atoms with van der Waals surface area (Å²) in [6.07, 6.45) is 1.44. The highest BCUT2D eigenvalue weighted by atomic mass is 35.5. The molecule has 0 fully saturated rings. The zero-order chi connectivity index (χ0) is 20.4. The molecule has 1 amide bonds. The minimum absolute atomic E-state index is 0.116. The number of nitrogens with one attached hydrogen (secondary N) is 1. The number of amides is 1. The minimum Gasteiger partial charge on any atom is -0.296 e. The second-order valence-electron chi connectivity index (χ2n) is 6.21. The molecule has 0 spiro atoms. The summed E-state index contributed by atoms with van der Waals surface area (Å²) in [5, 5.41) is 4.50. The van der Waals surface area contributed by atoms with Crippen molar-refractivity contribution in [1.82, 2.24) is 15.0 Å². The molecule has 0 unspecified atom stereocenters. The van der Waals surface area contributed by atoms with Crippen molar-refractivity contribution in [3.63, 3.8) is 0 Å². The van der Waals surface area contributed by atoms with Crippen molar-refractivity contribution in [3.8, 4) is 0 Å². The molecule has 4 aromatic rings. The van der Waals surface area contributed by atoms with Gasteiger partial charge in [0, 0.05) is 10.8 Å². The topological polar surface area (TPSA) is 67.8 Å². The number of anilines is 1. The molecule has 0 bridgehead atoms. The van der Waals surface area contributed by atoms with Crippen LogP contribution in [0, 0.1) is 6.92 Å². The number of hydrogen-bond donors (Lipinski definition) is 1. The number of fused-ring (bicyclic) bond motifs is 1. The van der Waals surface area contributed by atoms with Crippen LogP contribution >= 0.6 is 46.3 Å². The van der Waals surface area contributed by atoms with Crippen molar-refractivity contribution in [2.24, 2.45) is 0 Å². The Morgan fingerprint density at radius 3 is 2.86 bits per heavy atom. The Balaban J connectivity index is 1.50. The summed E-state index contributed by atoms with van der Waals surface area (Å²) >= 11 is 15.0. The minimum atomic E-state index is -0.431. The monoisotopic (exact) mass is 460 g/mol. The van der Waals surface area contributed by atoms with E-state index in [1.165, 1.54) is 34.9 Å². The molecule has 146 valence electrons. The van der Waals surface area contributed by atoms with Crippen molar-refractivity contribution in [2.75, 3.05) is 5.32 Å². The largest absolute Gasteiger partial charge is 0.296 e. The highest BCUT2D eigenvalue weighted by Gasteiger charge is 2.17. The number of nitrogens with zero attached hydrogens (tertiary/aromatic N) is 3. The zero-order valence-corrected chi connectivity index (χ0v) is 18.3. The van der Waals surface area contributed by atoms with Gasteiger partial charge in [0.25, 0.3) is 5.91 Å². The van der Waals surface area contributed by atoms with Gasteiger partial charge in [-0.1, -0.05) is 76.1 Å². The Hall–Kier alpha value is -2.19. The maximum Gasteiger partial charge on any atom is 0.277 e. The smallest absolute Gasteiger partial charge is 0.277 e. The third-order valence-corrected chi connectivity index (χ3v) is 6.34. The molecule has 0 aliphatic carbocycles. The third-order valence-electron chi connectivity index (χ3n) is 3.96. The lowest BCUT2D eigenvalue weighted by atomic mass is 10.2. The molecule has 29 heavy (non-hydrogen) atoms. The second kappa shape index (κ2) is 8.67. The average Bonchev–Trinajstić information content (AvgIpc) is 3.08. The van der Waals surface area contributed by atoms with Crippen LogP contribution < -0.4 is 5.32 Å². The normalized spacial score (nSPS) is 11.0. The highest BCUT2D eigenvalue weighted by Crippen LogP contribution is 2.29. The van der Waals surface area contributed by atoms with E-state index in [2.05, 4.69) is 26.3 Å². The van der Waals surface area contributed by atoms with Crippen molar-refractivity contribution in [1.29, 1.82) is 0 Å². The molecule has 0 saturated carbocycles. The number of benzene rings is 2. The molecular formula is C20H14Cl2N4OS2. The van der Waals surface area contributed by atoms with Crippen LogP contribution in [0.3, 0.4) is 0 Å². The number of hydrogen-bond acceptors (Lipinski definition) is 6. The van der Waals surface area contributed by atoms with E-state index in [1.54, 1.807) is 6.07 Å². The van der Waals surface area contributed by atoms with Gasteiger partial charge in [0.1, 0.15) is 0 Å². The maximum absolute atomic E-state index is 12.7. The summed E-state index contributed by atoms with van der Waals surface area (Å²) in [4.78, 5) is 25.6. The summed E-state index contributed by atoms with van der Waals surface area (Å²) in [6.45, 7) is 2.05. The van der Waals surface area contributed by atoms with E-state index >= 15 is 0 Å². The zero-order valence-electron chi connectivity index (χ0n) is 15.1. The molecule has 0 saturated heterocycles. The lowest BCUT2D eigenvalue weighted by molar-refractivity contribution is 0.102. The SMILES string of the molecule is Cc1cccc(CSc2ncc(Cl)c(C(=O)Nc3nc4ccc(Cl)cc4s3)n2)c1. The highest BCUT2D eigenvalue weighted by molar-refractivity contribution is 7.98. The van der Waals surface area contributed by atoms with Crippen LogP contribution in [0.1, 0.15) is 21.6 Å². The Morgan fingerprint density at radius 2 is 2.03 bits per heavy atom. The van der Waals surface area contributed by atoms with Crippen LogP contribution in [0.2, 0.25) is 10.0 Å². The fourth-order valence-corrected chi connectivity index (χ4v) is 4.71. The summed E-state index contributed by atoms with van der Waals surface area (Å²) in [7, 11) is 0. The van der Waals surface area contributed by atoms with Gasteiger partial charge in [-0.25, -0.2) is 15.0 Å². The van der Waals surface area contributed by atoms with Gasteiger partial charge in [0.15, 0.2) is 16.0 Å². The van der Waals surface area contributed by atoms with E-state index < -0.39 is 5.91 Å². The van der Waals surface area contributed by atoms with E-state index in [9.17, 15) is 4.79 Å². The van der Waals surface area contributed by atoms with Gasteiger partial charge >= 0.3 is 0 Å². The van der Waals surface area contributed by atoms with Gasteiger partial charge in [-0.2, -0.15) is 0 Å². The van der Waals surface area contributed by atoms with Crippen molar-refractivity contribution in [2.45, 2.75) is 17.8 Å². The Labute approximate surface area is 185 Å². The van der Waals surface area contributed by atoms with E-state index in [1.807, 2.05) is 37.3 Å². The van der Waals surface area contributed by atoms with Crippen molar-refractivity contribution >= 4 is 67.6 Å². The Morgan fingerprint density at radius 1 is 1.17 bits per heavy atom. The quantitative estimate of drug-likeness (QED) is 0.281. The molecule has 5 nitrogen and oxygen atoms in total. The third kappa shape index (κ3) is 4.87. The van der Waals surface area contributed by atoms with Crippen LogP contribution in [-0.4, -0.2) is 20.9 Å². The van der Waals surface area contributed by atoms with Gasteiger partial charge in [-0.05, 0) is 30.7 Å². The van der Waals surface area contributed by atoms with Crippen LogP contribution in [0.4, 0.5) is 5.13 Å². The number of halogens is 2. The molecule has 2 aromatic heterocycles. The molecule has 0 radical (unpaired) electrons. The van der Waals surface area contributed by atoms with E-state index in [0.717, 1.165) is 15.8 Å². The van der Waals surface area contributed by atoms with E-state index in [-0.39, 0.29) is 10.7 Å². The van der Waals surface area contributed by atoms with E-state index in [0.29, 0.717) is 21.1 Å². The maximum atomic E-state index is 12.7. The molecule has 0 aliphatic heterocycles. The fraction of sp³-hybridized carbons (Fsp3) is 0.100. The molecule has 0 aliphatic rings. The molecule has 2 aromatic carbocycles. The predicted octanol–water partition coefficient (Wildman–Crippen LogP) is 6.25.